The summed E-state index contributed by atoms with van der Waals surface area (Å²) in [5, 5.41) is 16.9. The maximum absolute atomic E-state index is 12.9. The first-order valence-electron chi connectivity index (χ1n) is 10.3. The molecular formula is C22H27N5O2. The number of hydrogen-bond acceptors (Lipinski definition) is 6. The highest BCUT2D eigenvalue weighted by Gasteiger charge is 2.32. The van der Waals surface area contributed by atoms with E-state index in [0.29, 0.717) is 24.2 Å². The Balaban J connectivity index is 1.54. The Labute approximate surface area is 171 Å². The molecule has 2 aromatic rings. The molecule has 0 aliphatic carbocycles. The quantitative estimate of drug-likeness (QED) is 0.829. The van der Waals surface area contributed by atoms with E-state index >= 15 is 0 Å². The van der Waals surface area contributed by atoms with E-state index in [1.54, 1.807) is 12.3 Å². The molecule has 3 heterocycles. The maximum Gasteiger partial charge on any atom is 0.251 e. The second kappa shape index (κ2) is 8.76. The minimum Gasteiger partial charge on any atom is -0.365 e. The van der Waals surface area contributed by atoms with Crippen molar-refractivity contribution in [2.24, 2.45) is 0 Å². The Morgan fingerprint density at radius 2 is 2.21 bits per heavy atom. The molecular weight excluding hydrogens is 366 g/mol. The van der Waals surface area contributed by atoms with Crippen molar-refractivity contribution in [3.05, 3.63) is 36.0 Å². The number of fused-ring (bicyclic) bond motifs is 1. The van der Waals surface area contributed by atoms with Crippen molar-refractivity contribution in [2.75, 3.05) is 31.1 Å². The monoisotopic (exact) mass is 393 g/mol. The van der Waals surface area contributed by atoms with Gasteiger partial charge in [-0.3, -0.25) is 9.78 Å². The van der Waals surface area contributed by atoms with Gasteiger partial charge in [0.05, 0.1) is 23.7 Å². The molecule has 0 bridgehead atoms. The van der Waals surface area contributed by atoms with Gasteiger partial charge in [-0.25, -0.2) is 0 Å². The highest BCUT2D eigenvalue weighted by molar-refractivity contribution is 5.95. The first kappa shape index (κ1) is 19.6. The van der Waals surface area contributed by atoms with Gasteiger partial charge in [0.15, 0.2) is 6.10 Å². The van der Waals surface area contributed by atoms with E-state index in [1.165, 1.54) is 0 Å². The molecule has 152 valence electrons. The number of carbonyl (C=O) groups excluding carboxylic acids is 1. The number of anilines is 1. The molecule has 2 saturated heterocycles. The molecule has 2 aliphatic rings. The molecule has 1 amide bonds. The van der Waals surface area contributed by atoms with E-state index in [9.17, 15) is 10.1 Å². The zero-order valence-electron chi connectivity index (χ0n) is 16.7. The van der Waals surface area contributed by atoms with Crippen LogP contribution in [-0.2, 0) is 9.53 Å². The summed E-state index contributed by atoms with van der Waals surface area (Å²) in [7, 11) is 0. The summed E-state index contributed by atoms with van der Waals surface area (Å²) >= 11 is 0. The van der Waals surface area contributed by atoms with Crippen LogP contribution < -0.4 is 15.5 Å². The van der Waals surface area contributed by atoms with Gasteiger partial charge in [0, 0.05) is 29.9 Å². The van der Waals surface area contributed by atoms with Crippen molar-refractivity contribution in [3.8, 4) is 6.07 Å². The Morgan fingerprint density at radius 3 is 3.07 bits per heavy atom. The number of carbonyl (C=O) groups is 1. The summed E-state index contributed by atoms with van der Waals surface area (Å²) in [6.07, 6.45) is 4.13. The van der Waals surface area contributed by atoms with Crippen LogP contribution in [0.1, 0.15) is 31.7 Å². The molecule has 29 heavy (non-hydrogen) atoms. The second-order valence-corrected chi connectivity index (χ2v) is 7.87. The summed E-state index contributed by atoms with van der Waals surface area (Å²) in [5.41, 5.74) is 2.24. The van der Waals surface area contributed by atoms with E-state index in [0.717, 1.165) is 43.4 Å². The Bertz CT molecular complexity index is 917. The summed E-state index contributed by atoms with van der Waals surface area (Å²) in [6.45, 7) is 5.11. The van der Waals surface area contributed by atoms with Crippen LogP contribution in [0.4, 0.5) is 5.69 Å². The summed E-state index contributed by atoms with van der Waals surface area (Å²) < 4.78 is 5.99. The van der Waals surface area contributed by atoms with Gasteiger partial charge in [-0.1, -0.05) is 0 Å². The molecule has 2 aliphatic heterocycles. The van der Waals surface area contributed by atoms with Gasteiger partial charge in [0.2, 0.25) is 0 Å². The van der Waals surface area contributed by atoms with Gasteiger partial charge in [-0.05, 0) is 63.5 Å². The maximum atomic E-state index is 12.9. The first-order chi connectivity index (χ1) is 14.2. The van der Waals surface area contributed by atoms with Gasteiger partial charge in [-0.2, -0.15) is 5.26 Å². The second-order valence-electron chi connectivity index (χ2n) is 7.87. The fraction of sp³-hybridized carbons (Fsp3) is 0.500. The third-order valence-corrected chi connectivity index (χ3v) is 5.68. The Hall–Kier alpha value is -2.69. The van der Waals surface area contributed by atoms with Crippen LogP contribution in [0.3, 0.4) is 0 Å². The predicted octanol–water partition coefficient (Wildman–Crippen LogP) is 1.96. The zero-order chi connectivity index (χ0) is 20.2. The van der Waals surface area contributed by atoms with Crippen molar-refractivity contribution >= 4 is 22.5 Å². The Kier molecular flexibility index (Phi) is 5.93. The van der Waals surface area contributed by atoms with Crippen LogP contribution in [0, 0.1) is 11.3 Å². The fourth-order valence-electron chi connectivity index (χ4n) is 4.27. The normalized spacial score (nSPS) is 25.2. The van der Waals surface area contributed by atoms with E-state index in [1.807, 2.05) is 25.1 Å². The predicted molar refractivity (Wildman–Crippen MR) is 112 cm³/mol. The molecule has 3 atom stereocenters. The zero-order valence-corrected chi connectivity index (χ0v) is 16.7. The number of amides is 1. The van der Waals surface area contributed by atoms with E-state index < -0.39 is 6.10 Å². The number of rotatable bonds is 3. The topological polar surface area (TPSA) is 90.3 Å². The van der Waals surface area contributed by atoms with Gasteiger partial charge in [-0.15, -0.1) is 0 Å². The average molecular weight is 393 g/mol. The van der Waals surface area contributed by atoms with Crippen molar-refractivity contribution in [2.45, 2.75) is 44.4 Å². The molecule has 1 aromatic heterocycles. The number of nitriles is 1. The van der Waals surface area contributed by atoms with Crippen LogP contribution in [0.25, 0.3) is 10.9 Å². The number of ether oxygens (including phenoxy) is 1. The van der Waals surface area contributed by atoms with E-state index in [2.05, 4.69) is 26.6 Å². The van der Waals surface area contributed by atoms with Gasteiger partial charge >= 0.3 is 0 Å². The lowest BCUT2D eigenvalue weighted by atomic mass is 10.1. The van der Waals surface area contributed by atoms with Gasteiger partial charge in [0.25, 0.3) is 5.91 Å². The lowest BCUT2D eigenvalue weighted by Crippen LogP contribution is -2.54. The summed E-state index contributed by atoms with van der Waals surface area (Å²) in [6, 6.07) is 10.0. The van der Waals surface area contributed by atoms with Crippen LogP contribution in [0.2, 0.25) is 0 Å². The molecule has 7 heteroatoms. The van der Waals surface area contributed by atoms with Crippen molar-refractivity contribution < 1.29 is 9.53 Å². The van der Waals surface area contributed by atoms with Crippen LogP contribution in [0.15, 0.2) is 30.5 Å². The minimum absolute atomic E-state index is 0.0375. The van der Waals surface area contributed by atoms with Gasteiger partial charge in [0.1, 0.15) is 6.07 Å². The third-order valence-electron chi connectivity index (χ3n) is 5.68. The van der Waals surface area contributed by atoms with Crippen molar-refractivity contribution in [1.82, 2.24) is 15.6 Å². The molecule has 0 spiro atoms. The SMILES string of the molecule is CC1CN(c2ccc(C#N)c3ncccc23)CC(C(=O)NC2CCCNCC2)O1. The minimum atomic E-state index is -0.516. The highest BCUT2D eigenvalue weighted by atomic mass is 16.5. The summed E-state index contributed by atoms with van der Waals surface area (Å²) in [4.78, 5) is 19.5. The highest BCUT2D eigenvalue weighted by Crippen LogP contribution is 2.30. The molecule has 0 saturated carbocycles. The number of aromatic nitrogens is 1. The average Bonchev–Trinajstić information content (AvgIpc) is 3.01. The molecule has 1 aromatic carbocycles. The number of morpholine rings is 1. The standard InChI is InChI=1S/C22H27N5O2/c1-15-13-27(19-7-6-16(12-23)21-18(19)5-3-10-25-21)14-20(29-15)22(28)26-17-4-2-9-24-11-8-17/h3,5-7,10,15,17,20,24H,2,4,8-9,11,13-14H2,1H3,(H,26,28). The van der Waals surface area contributed by atoms with Crippen molar-refractivity contribution in [3.63, 3.8) is 0 Å². The molecule has 2 fully saturated rings. The number of pyridine rings is 1. The lowest BCUT2D eigenvalue weighted by Gasteiger charge is -2.38. The van der Waals surface area contributed by atoms with Gasteiger partial charge < -0.3 is 20.3 Å². The molecule has 7 nitrogen and oxygen atoms in total. The molecule has 4 rings (SSSR count). The smallest absolute Gasteiger partial charge is 0.251 e. The largest absolute Gasteiger partial charge is 0.365 e. The van der Waals surface area contributed by atoms with Crippen LogP contribution in [-0.4, -0.2) is 55.3 Å². The number of nitrogens with zero attached hydrogens (tertiary/aromatic N) is 3. The van der Waals surface area contributed by atoms with E-state index in [4.69, 9.17) is 4.74 Å². The third kappa shape index (κ3) is 4.34. The summed E-state index contributed by atoms with van der Waals surface area (Å²) in [5.74, 6) is -0.0375. The first-order valence-corrected chi connectivity index (χ1v) is 10.3. The van der Waals surface area contributed by atoms with Crippen LogP contribution >= 0.6 is 0 Å². The molecule has 3 unspecified atom stereocenters. The van der Waals surface area contributed by atoms with Crippen LogP contribution in [0.5, 0.6) is 0 Å². The molecule has 2 N–H and O–H groups in total. The molecule has 0 radical (unpaired) electrons. The Morgan fingerprint density at radius 1 is 1.31 bits per heavy atom. The number of benzene rings is 1. The fourth-order valence-corrected chi connectivity index (χ4v) is 4.27. The van der Waals surface area contributed by atoms with E-state index in [-0.39, 0.29) is 18.1 Å². The van der Waals surface area contributed by atoms with Crippen molar-refractivity contribution in [1.29, 1.82) is 5.26 Å². The number of nitrogens with one attached hydrogen (secondary N) is 2. The lowest BCUT2D eigenvalue weighted by molar-refractivity contribution is -0.138. The number of hydrogen-bond donors (Lipinski definition) is 2.